The smallest absolute Gasteiger partial charge is 0.191 e. The van der Waals surface area contributed by atoms with Gasteiger partial charge in [-0.1, -0.05) is 23.9 Å². The molecule has 2 heterocycles. The fourth-order valence-corrected chi connectivity index (χ4v) is 4.17. The maximum absolute atomic E-state index is 14.0. The highest BCUT2D eigenvalue weighted by Crippen LogP contribution is 2.26. The predicted octanol–water partition coefficient (Wildman–Crippen LogP) is 4.60. The lowest BCUT2D eigenvalue weighted by atomic mass is 10.2. The second-order valence-electron chi connectivity index (χ2n) is 6.81. The Morgan fingerprint density at radius 3 is 2.56 bits per heavy atom. The third-order valence-corrected chi connectivity index (χ3v) is 5.60. The largest absolute Gasteiger partial charge is 0.346 e. The predicted molar refractivity (Wildman–Crippen MR) is 106 cm³/mol. The van der Waals surface area contributed by atoms with Crippen LogP contribution in [0.15, 0.2) is 35.5 Å². The number of hydrogen-bond acceptors (Lipinski definition) is 4. The number of carbonyl (C=O) groups excluding carboxylic acids is 1. The number of halogens is 1. The zero-order valence-corrected chi connectivity index (χ0v) is 17.0. The Morgan fingerprint density at radius 2 is 1.93 bits per heavy atom. The molecule has 7 heteroatoms. The molecule has 142 valence electrons. The Labute approximate surface area is 162 Å². The molecule has 0 radical (unpaired) electrons. The van der Waals surface area contributed by atoms with Crippen LogP contribution in [0.1, 0.15) is 41.6 Å². The summed E-state index contributed by atoms with van der Waals surface area (Å²) in [5, 5.41) is 8.80. The fraction of sp³-hybridized carbons (Fsp3) is 0.350. The molecule has 0 aliphatic heterocycles. The van der Waals surface area contributed by atoms with Gasteiger partial charge in [0.15, 0.2) is 16.8 Å². The number of benzene rings is 1. The van der Waals surface area contributed by atoms with E-state index in [2.05, 4.69) is 28.6 Å². The van der Waals surface area contributed by atoms with Crippen LogP contribution >= 0.6 is 11.8 Å². The highest BCUT2D eigenvalue weighted by Gasteiger charge is 2.19. The van der Waals surface area contributed by atoms with Crippen molar-refractivity contribution in [1.29, 1.82) is 0 Å². The molecule has 5 nitrogen and oxygen atoms in total. The van der Waals surface area contributed by atoms with Gasteiger partial charge in [0.2, 0.25) is 0 Å². The molecule has 0 N–H and O–H groups in total. The SMILES string of the molecule is Cc1cc(C(=O)CSc2nnc(-c3ccccc3F)n2C)c(C)n1C(C)C. The zero-order valence-electron chi connectivity index (χ0n) is 16.2. The summed E-state index contributed by atoms with van der Waals surface area (Å²) < 4.78 is 17.9. The maximum atomic E-state index is 14.0. The first-order valence-corrected chi connectivity index (χ1v) is 9.78. The van der Waals surface area contributed by atoms with Crippen molar-refractivity contribution in [1.82, 2.24) is 19.3 Å². The molecule has 0 atom stereocenters. The lowest BCUT2D eigenvalue weighted by molar-refractivity contribution is 0.102. The van der Waals surface area contributed by atoms with E-state index in [4.69, 9.17) is 0 Å². The molecule has 0 spiro atoms. The summed E-state index contributed by atoms with van der Waals surface area (Å²) >= 11 is 1.31. The number of aryl methyl sites for hydroxylation is 1. The zero-order chi connectivity index (χ0) is 19.7. The van der Waals surface area contributed by atoms with Gasteiger partial charge in [-0.15, -0.1) is 10.2 Å². The summed E-state index contributed by atoms with van der Waals surface area (Å²) in [4.78, 5) is 12.7. The van der Waals surface area contributed by atoms with Gasteiger partial charge in [-0.2, -0.15) is 0 Å². The van der Waals surface area contributed by atoms with E-state index < -0.39 is 0 Å². The number of thioether (sulfide) groups is 1. The second kappa shape index (κ2) is 7.68. The molecule has 0 amide bonds. The van der Waals surface area contributed by atoms with Gasteiger partial charge in [0, 0.05) is 30.0 Å². The molecule has 3 rings (SSSR count). The van der Waals surface area contributed by atoms with Crippen molar-refractivity contribution in [2.75, 3.05) is 5.75 Å². The van der Waals surface area contributed by atoms with E-state index in [9.17, 15) is 9.18 Å². The molecule has 0 bridgehead atoms. The third kappa shape index (κ3) is 3.69. The summed E-state index contributed by atoms with van der Waals surface area (Å²) in [7, 11) is 1.78. The normalized spacial score (nSPS) is 11.4. The molecule has 0 fully saturated rings. The number of rotatable bonds is 6. The third-order valence-electron chi connectivity index (χ3n) is 4.58. The molecule has 0 unspecified atom stereocenters. The molecule has 2 aromatic heterocycles. The van der Waals surface area contributed by atoms with E-state index in [1.54, 1.807) is 29.8 Å². The Kier molecular flexibility index (Phi) is 5.51. The number of carbonyl (C=O) groups is 1. The molecule has 27 heavy (non-hydrogen) atoms. The van der Waals surface area contributed by atoms with Gasteiger partial charge in [-0.25, -0.2) is 4.39 Å². The summed E-state index contributed by atoms with van der Waals surface area (Å²) in [6.45, 7) is 8.20. The number of ketones is 1. The molecule has 0 aliphatic rings. The van der Waals surface area contributed by atoms with E-state index in [-0.39, 0.29) is 17.4 Å². The van der Waals surface area contributed by atoms with E-state index in [1.807, 2.05) is 19.9 Å². The van der Waals surface area contributed by atoms with E-state index in [0.29, 0.717) is 22.6 Å². The van der Waals surface area contributed by atoms with Crippen molar-refractivity contribution in [3.63, 3.8) is 0 Å². The van der Waals surface area contributed by atoms with Gasteiger partial charge in [0.25, 0.3) is 0 Å². The molecule has 0 aliphatic carbocycles. The Bertz CT molecular complexity index is 990. The van der Waals surface area contributed by atoms with Crippen molar-refractivity contribution >= 4 is 17.5 Å². The number of hydrogen-bond donors (Lipinski definition) is 0. The first-order valence-electron chi connectivity index (χ1n) is 8.80. The van der Waals surface area contributed by atoms with Gasteiger partial charge in [-0.3, -0.25) is 4.79 Å². The second-order valence-corrected chi connectivity index (χ2v) is 7.75. The highest BCUT2D eigenvalue weighted by atomic mass is 32.2. The lowest BCUT2D eigenvalue weighted by Gasteiger charge is -2.13. The van der Waals surface area contributed by atoms with Crippen LogP contribution in [0.4, 0.5) is 4.39 Å². The minimum Gasteiger partial charge on any atom is -0.346 e. The van der Waals surface area contributed by atoms with Gasteiger partial charge in [0.1, 0.15) is 5.82 Å². The summed E-state index contributed by atoms with van der Waals surface area (Å²) in [6.07, 6.45) is 0. The average Bonchev–Trinajstić information content (AvgIpc) is 3.12. The average molecular weight is 386 g/mol. The van der Waals surface area contributed by atoms with E-state index >= 15 is 0 Å². The first kappa shape index (κ1) is 19.4. The van der Waals surface area contributed by atoms with Crippen molar-refractivity contribution in [2.45, 2.75) is 38.9 Å². The van der Waals surface area contributed by atoms with Crippen molar-refractivity contribution in [2.24, 2.45) is 7.05 Å². The maximum Gasteiger partial charge on any atom is 0.191 e. The summed E-state index contributed by atoms with van der Waals surface area (Å²) in [5.74, 6) is 0.407. The number of nitrogens with zero attached hydrogens (tertiary/aromatic N) is 4. The van der Waals surface area contributed by atoms with Crippen LogP contribution < -0.4 is 0 Å². The summed E-state index contributed by atoms with van der Waals surface area (Å²) in [5.41, 5.74) is 3.20. The van der Waals surface area contributed by atoms with Gasteiger partial charge in [-0.05, 0) is 45.9 Å². The van der Waals surface area contributed by atoms with Gasteiger partial charge >= 0.3 is 0 Å². The summed E-state index contributed by atoms with van der Waals surface area (Å²) in [6, 6.07) is 8.70. The minimum absolute atomic E-state index is 0.0513. The molecule has 0 saturated carbocycles. The Balaban J connectivity index is 1.78. The molecular formula is C20H23FN4OS. The number of aromatic nitrogens is 4. The van der Waals surface area contributed by atoms with Crippen molar-refractivity contribution in [3.8, 4) is 11.4 Å². The van der Waals surface area contributed by atoms with Crippen molar-refractivity contribution < 1.29 is 9.18 Å². The molecule has 3 aromatic rings. The van der Waals surface area contributed by atoms with Crippen LogP contribution in [0, 0.1) is 19.7 Å². The van der Waals surface area contributed by atoms with Crippen LogP contribution in [-0.2, 0) is 7.05 Å². The monoisotopic (exact) mass is 386 g/mol. The lowest BCUT2D eigenvalue weighted by Crippen LogP contribution is -2.08. The minimum atomic E-state index is -0.346. The van der Waals surface area contributed by atoms with Gasteiger partial charge in [0.05, 0.1) is 11.3 Å². The molecule has 1 aromatic carbocycles. The van der Waals surface area contributed by atoms with Crippen LogP contribution in [0.5, 0.6) is 0 Å². The van der Waals surface area contributed by atoms with Crippen LogP contribution in [0.2, 0.25) is 0 Å². The van der Waals surface area contributed by atoms with E-state index in [1.165, 1.54) is 17.8 Å². The molecular weight excluding hydrogens is 363 g/mol. The van der Waals surface area contributed by atoms with Crippen LogP contribution in [0.3, 0.4) is 0 Å². The standard InChI is InChI=1S/C20H23FN4OS/c1-12(2)25-13(3)10-16(14(25)4)18(26)11-27-20-23-22-19(24(20)5)15-8-6-7-9-17(15)21/h6-10,12H,11H2,1-5H3. The Hall–Kier alpha value is -2.41. The Morgan fingerprint density at radius 1 is 1.22 bits per heavy atom. The van der Waals surface area contributed by atoms with E-state index in [0.717, 1.165) is 17.0 Å². The van der Waals surface area contributed by atoms with Gasteiger partial charge < -0.3 is 9.13 Å². The fourth-order valence-electron chi connectivity index (χ4n) is 3.38. The van der Waals surface area contributed by atoms with Crippen LogP contribution in [0.25, 0.3) is 11.4 Å². The highest BCUT2D eigenvalue weighted by molar-refractivity contribution is 7.99. The number of Topliss-reactive ketones (excluding diaryl/α,β-unsaturated/α-hetero) is 1. The quantitative estimate of drug-likeness (QED) is 0.459. The first-order chi connectivity index (χ1) is 12.8. The molecule has 0 saturated heterocycles. The van der Waals surface area contributed by atoms with Crippen LogP contribution in [-0.4, -0.2) is 30.9 Å². The van der Waals surface area contributed by atoms with Crippen molar-refractivity contribution in [3.05, 3.63) is 53.1 Å². The topological polar surface area (TPSA) is 52.7 Å².